The maximum atomic E-state index is 11.4. The fraction of sp³-hybridized carbons (Fsp3) is 0.385. The van der Waals surface area contributed by atoms with E-state index in [0.717, 1.165) is 5.69 Å². The SMILES string of the molecule is CC(CC(=O)O)N(C)c1ccc2oc(=O)n(C)c2c1. The van der Waals surface area contributed by atoms with Gasteiger partial charge in [-0.25, -0.2) is 4.79 Å². The van der Waals surface area contributed by atoms with Gasteiger partial charge >= 0.3 is 11.7 Å². The molecule has 6 nitrogen and oxygen atoms in total. The number of fused-ring (bicyclic) bond motifs is 1. The monoisotopic (exact) mass is 264 g/mol. The molecule has 0 aliphatic rings. The number of aromatic nitrogens is 1. The second-order valence-corrected chi connectivity index (χ2v) is 4.64. The van der Waals surface area contributed by atoms with Crippen LogP contribution in [0.15, 0.2) is 27.4 Å². The van der Waals surface area contributed by atoms with Crippen molar-refractivity contribution in [2.45, 2.75) is 19.4 Å². The topological polar surface area (TPSA) is 75.7 Å². The highest BCUT2D eigenvalue weighted by Gasteiger charge is 2.15. The molecule has 0 spiro atoms. The number of anilines is 1. The van der Waals surface area contributed by atoms with Crippen LogP contribution < -0.4 is 10.7 Å². The highest BCUT2D eigenvalue weighted by atomic mass is 16.4. The minimum atomic E-state index is -0.837. The van der Waals surface area contributed by atoms with E-state index in [-0.39, 0.29) is 12.5 Å². The molecule has 1 atom stereocenters. The summed E-state index contributed by atoms with van der Waals surface area (Å²) < 4.78 is 6.48. The molecule has 0 amide bonds. The molecule has 1 aromatic heterocycles. The van der Waals surface area contributed by atoms with Gasteiger partial charge < -0.3 is 14.4 Å². The fourth-order valence-corrected chi connectivity index (χ4v) is 1.98. The van der Waals surface area contributed by atoms with Crippen LogP contribution in [-0.2, 0) is 11.8 Å². The number of aliphatic carboxylic acids is 1. The summed E-state index contributed by atoms with van der Waals surface area (Å²) in [6.07, 6.45) is 0.0544. The molecule has 0 aliphatic carbocycles. The molecule has 1 unspecified atom stereocenters. The van der Waals surface area contributed by atoms with Gasteiger partial charge in [0.1, 0.15) is 0 Å². The standard InChI is InChI=1S/C13H16N2O4/c1-8(6-12(16)17)14(2)9-4-5-11-10(7-9)15(3)13(18)19-11/h4-5,7-8H,6H2,1-3H3,(H,16,17). The molecule has 102 valence electrons. The van der Waals surface area contributed by atoms with Crippen molar-refractivity contribution in [1.82, 2.24) is 4.57 Å². The third-order valence-corrected chi connectivity index (χ3v) is 3.31. The normalized spacial score (nSPS) is 12.6. The first-order valence-electron chi connectivity index (χ1n) is 5.94. The van der Waals surface area contributed by atoms with Crippen molar-refractivity contribution in [2.75, 3.05) is 11.9 Å². The lowest BCUT2D eigenvalue weighted by molar-refractivity contribution is -0.137. The summed E-state index contributed by atoms with van der Waals surface area (Å²) in [5.74, 6) is -1.25. The molecule has 2 aromatic rings. The maximum Gasteiger partial charge on any atom is 0.419 e. The highest BCUT2D eigenvalue weighted by molar-refractivity contribution is 5.78. The predicted molar refractivity (Wildman–Crippen MR) is 71.6 cm³/mol. The minimum Gasteiger partial charge on any atom is -0.481 e. The second-order valence-electron chi connectivity index (χ2n) is 4.64. The van der Waals surface area contributed by atoms with E-state index >= 15 is 0 Å². The molecule has 1 aromatic carbocycles. The number of hydrogen-bond acceptors (Lipinski definition) is 4. The lowest BCUT2D eigenvalue weighted by Crippen LogP contribution is -2.30. The van der Waals surface area contributed by atoms with E-state index < -0.39 is 11.7 Å². The maximum absolute atomic E-state index is 11.4. The highest BCUT2D eigenvalue weighted by Crippen LogP contribution is 2.22. The van der Waals surface area contributed by atoms with Crippen molar-refractivity contribution in [3.8, 4) is 0 Å². The zero-order valence-electron chi connectivity index (χ0n) is 11.1. The summed E-state index contributed by atoms with van der Waals surface area (Å²) in [4.78, 5) is 24.0. The number of carbonyl (C=O) groups is 1. The molecule has 0 fully saturated rings. The van der Waals surface area contributed by atoms with Gasteiger partial charge in [-0.3, -0.25) is 9.36 Å². The molecular weight excluding hydrogens is 248 g/mol. The van der Waals surface area contributed by atoms with Gasteiger partial charge in [0.05, 0.1) is 11.9 Å². The van der Waals surface area contributed by atoms with E-state index in [2.05, 4.69) is 0 Å². The van der Waals surface area contributed by atoms with Gasteiger partial charge in [-0.2, -0.15) is 0 Å². The van der Waals surface area contributed by atoms with Crippen molar-refractivity contribution in [3.05, 3.63) is 28.7 Å². The number of carboxylic acid groups (broad SMARTS) is 1. The summed E-state index contributed by atoms with van der Waals surface area (Å²) in [7, 11) is 3.46. The van der Waals surface area contributed by atoms with Gasteiger partial charge in [0.15, 0.2) is 5.58 Å². The molecule has 0 saturated carbocycles. The molecule has 1 heterocycles. The number of benzene rings is 1. The Morgan fingerprint density at radius 2 is 2.21 bits per heavy atom. The van der Waals surface area contributed by atoms with Crippen molar-refractivity contribution in [2.24, 2.45) is 7.05 Å². The van der Waals surface area contributed by atoms with Gasteiger partial charge in [-0.15, -0.1) is 0 Å². The summed E-state index contributed by atoms with van der Waals surface area (Å²) in [6, 6.07) is 5.21. The van der Waals surface area contributed by atoms with E-state index in [4.69, 9.17) is 9.52 Å². The third-order valence-electron chi connectivity index (χ3n) is 3.31. The quantitative estimate of drug-likeness (QED) is 0.904. The van der Waals surface area contributed by atoms with Crippen LogP contribution in [0.2, 0.25) is 0 Å². The predicted octanol–water partition coefficient (Wildman–Crippen LogP) is 1.43. The molecule has 19 heavy (non-hydrogen) atoms. The van der Waals surface area contributed by atoms with Gasteiger partial charge in [-0.05, 0) is 25.1 Å². The van der Waals surface area contributed by atoms with E-state index in [1.807, 2.05) is 31.0 Å². The molecule has 0 saturated heterocycles. The van der Waals surface area contributed by atoms with Crippen molar-refractivity contribution in [3.63, 3.8) is 0 Å². The first-order chi connectivity index (χ1) is 8.90. The largest absolute Gasteiger partial charge is 0.481 e. The van der Waals surface area contributed by atoms with Crippen LogP contribution in [0.3, 0.4) is 0 Å². The summed E-state index contributed by atoms with van der Waals surface area (Å²) in [5.41, 5.74) is 2.06. The van der Waals surface area contributed by atoms with E-state index in [1.54, 1.807) is 13.1 Å². The minimum absolute atomic E-state index is 0.0544. The van der Waals surface area contributed by atoms with E-state index in [0.29, 0.717) is 11.1 Å². The van der Waals surface area contributed by atoms with Crippen LogP contribution in [0.5, 0.6) is 0 Å². The smallest absolute Gasteiger partial charge is 0.419 e. The van der Waals surface area contributed by atoms with Crippen LogP contribution in [0.4, 0.5) is 5.69 Å². The van der Waals surface area contributed by atoms with E-state index in [1.165, 1.54) is 4.57 Å². The van der Waals surface area contributed by atoms with E-state index in [9.17, 15) is 9.59 Å². The first kappa shape index (κ1) is 13.2. The number of rotatable bonds is 4. The molecule has 6 heteroatoms. The van der Waals surface area contributed by atoms with Crippen LogP contribution in [0, 0.1) is 0 Å². The molecular formula is C13H16N2O4. The molecule has 0 bridgehead atoms. The summed E-state index contributed by atoms with van der Waals surface area (Å²) in [6.45, 7) is 1.84. The Bertz CT molecular complexity index is 671. The van der Waals surface area contributed by atoms with Crippen LogP contribution in [0.1, 0.15) is 13.3 Å². The number of hydrogen-bond donors (Lipinski definition) is 1. The van der Waals surface area contributed by atoms with Crippen LogP contribution in [0.25, 0.3) is 11.1 Å². The second kappa shape index (κ2) is 4.79. The van der Waals surface area contributed by atoms with Gasteiger partial charge in [0.25, 0.3) is 0 Å². The van der Waals surface area contributed by atoms with Gasteiger partial charge in [-0.1, -0.05) is 0 Å². The molecule has 0 radical (unpaired) electrons. The average Bonchev–Trinajstić information content (AvgIpc) is 2.63. The first-order valence-corrected chi connectivity index (χ1v) is 5.94. The molecule has 0 aliphatic heterocycles. The number of nitrogens with zero attached hydrogens (tertiary/aromatic N) is 2. The average molecular weight is 264 g/mol. The van der Waals surface area contributed by atoms with Gasteiger partial charge in [0.2, 0.25) is 0 Å². The molecule has 2 rings (SSSR count). The van der Waals surface area contributed by atoms with Crippen LogP contribution >= 0.6 is 0 Å². The van der Waals surface area contributed by atoms with Gasteiger partial charge in [0, 0.05) is 25.8 Å². The van der Waals surface area contributed by atoms with Crippen molar-refractivity contribution >= 4 is 22.8 Å². The summed E-state index contributed by atoms with van der Waals surface area (Å²) in [5, 5.41) is 8.81. The molecule has 1 N–H and O–H groups in total. The Kier molecular flexibility index (Phi) is 3.33. The zero-order valence-corrected chi connectivity index (χ0v) is 11.1. The zero-order chi connectivity index (χ0) is 14.2. The van der Waals surface area contributed by atoms with Crippen molar-refractivity contribution < 1.29 is 14.3 Å². The third kappa shape index (κ3) is 2.47. The Balaban J connectivity index is 2.37. The fourth-order valence-electron chi connectivity index (χ4n) is 1.98. The lowest BCUT2D eigenvalue weighted by Gasteiger charge is -2.25. The van der Waals surface area contributed by atoms with Crippen molar-refractivity contribution in [1.29, 1.82) is 0 Å². The number of aryl methyl sites for hydroxylation is 1. The van der Waals surface area contributed by atoms with Crippen LogP contribution in [-0.4, -0.2) is 28.7 Å². The summed E-state index contributed by atoms with van der Waals surface area (Å²) >= 11 is 0. The lowest BCUT2D eigenvalue weighted by atomic mass is 10.2. The Morgan fingerprint density at radius 3 is 2.84 bits per heavy atom. The number of carboxylic acids is 1. The number of oxazole rings is 1. The Labute approximate surface area is 109 Å². The Hall–Kier alpha value is -2.24. The Morgan fingerprint density at radius 1 is 1.53 bits per heavy atom.